The van der Waals surface area contributed by atoms with Crippen LogP contribution in [0.4, 0.5) is 13.2 Å². The Hall–Kier alpha value is -1.86. The number of alkyl halides is 3. The number of halogens is 3. The molecule has 0 fully saturated rings. The molecule has 1 aliphatic rings. The van der Waals surface area contributed by atoms with E-state index in [4.69, 9.17) is 0 Å². The number of likely N-dealkylation sites (N-methyl/N-ethyl adjacent to an activating group) is 1. The first-order valence-electron chi connectivity index (χ1n) is 6.16. The van der Waals surface area contributed by atoms with E-state index in [1.165, 1.54) is 6.33 Å². The summed E-state index contributed by atoms with van der Waals surface area (Å²) in [6.07, 6.45) is -1.05. The highest BCUT2D eigenvalue weighted by atomic mass is 19.4. The van der Waals surface area contributed by atoms with Crippen molar-refractivity contribution in [1.29, 1.82) is 0 Å². The maximum atomic E-state index is 12.2. The van der Waals surface area contributed by atoms with Gasteiger partial charge in [-0.05, 0) is 19.3 Å². The number of carbonyl (C=O) groups is 1. The van der Waals surface area contributed by atoms with Crippen LogP contribution >= 0.6 is 0 Å². The Balaban J connectivity index is 2.11. The fourth-order valence-electron chi connectivity index (χ4n) is 2.20. The minimum Gasteiger partial charge on any atom is -0.335 e. The molecule has 0 atom stereocenters. The van der Waals surface area contributed by atoms with Crippen LogP contribution in [0.2, 0.25) is 0 Å². The van der Waals surface area contributed by atoms with Crippen molar-refractivity contribution in [2.45, 2.75) is 32.0 Å². The van der Waals surface area contributed by atoms with Gasteiger partial charge in [-0.3, -0.25) is 14.2 Å². The molecule has 0 spiro atoms. The lowest BCUT2D eigenvalue weighted by Crippen LogP contribution is -2.39. The van der Waals surface area contributed by atoms with Crippen molar-refractivity contribution < 1.29 is 18.0 Å². The molecule has 20 heavy (non-hydrogen) atoms. The number of fused-ring (bicyclic) bond motifs is 1. The zero-order chi connectivity index (χ0) is 14.9. The Labute approximate surface area is 113 Å². The van der Waals surface area contributed by atoms with Crippen LogP contribution in [-0.2, 0) is 24.2 Å². The van der Waals surface area contributed by atoms with Crippen LogP contribution in [0.5, 0.6) is 0 Å². The van der Waals surface area contributed by atoms with Crippen LogP contribution in [0.25, 0.3) is 0 Å². The van der Waals surface area contributed by atoms with Crippen LogP contribution in [-0.4, -0.2) is 40.1 Å². The maximum Gasteiger partial charge on any atom is 0.406 e. The van der Waals surface area contributed by atoms with Crippen molar-refractivity contribution in [2.75, 3.05) is 13.6 Å². The average molecular weight is 289 g/mol. The highest BCUT2D eigenvalue weighted by Gasteiger charge is 2.31. The molecule has 1 aliphatic carbocycles. The zero-order valence-corrected chi connectivity index (χ0v) is 10.9. The summed E-state index contributed by atoms with van der Waals surface area (Å²) in [5.41, 5.74) is 0.961. The lowest BCUT2D eigenvalue weighted by Gasteiger charge is -2.19. The van der Waals surface area contributed by atoms with Crippen molar-refractivity contribution in [3.63, 3.8) is 0 Å². The predicted molar refractivity (Wildman–Crippen MR) is 64.2 cm³/mol. The molecule has 1 amide bonds. The van der Waals surface area contributed by atoms with Gasteiger partial charge in [0.1, 0.15) is 13.1 Å². The molecular formula is C12H14F3N3O2. The summed E-state index contributed by atoms with van der Waals surface area (Å²) < 4.78 is 37.6. The number of carbonyl (C=O) groups excluding carboxylic acids is 1. The normalized spacial score (nSPS) is 14.2. The molecular weight excluding hydrogens is 275 g/mol. The van der Waals surface area contributed by atoms with Crippen molar-refractivity contribution in [2.24, 2.45) is 0 Å². The first-order valence-corrected chi connectivity index (χ1v) is 6.16. The lowest BCUT2D eigenvalue weighted by atomic mass is 10.2. The van der Waals surface area contributed by atoms with E-state index < -0.39 is 25.2 Å². The molecule has 1 aromatic heterocycles. The highest BCUT2D eigenvalue weighted by Crippen LogP contribution is 2.16. The summed E-state index contributed by atoms with van der Waals surface area (Å²) in [6.45, 7) is -1.76. The van der Waals surface area contributed by atoms with Gasteiger partial charge >= 0.3 is 6.18 Å². The van der Waals surface area contributed by atoms with E-state index in [0.29, 0.717) is 16.9 Å². The molecule has 0 aliphatic heterocycles. The molecule has 0 radical (unpaired) electrons. The minimum absolute atomic E-state index is 0.332. The molecule has 0 aromatic carbocycles. The number of aryl methyl sites for hydroxylation is 1. The lowest BCUT2D eigenvalue weighted by molar-refractivity contribution is -0.158. The third-order valence-electron chi connectivity index (χ3n) is 3.21. The van der Waals surface area contributed by atoms with Gasteiger partial charge in [0.25, 0.3) is 5.56 Å². The largest absolute Gasteiger partial charge is 0.406 e. The van der Waals surface area contributed by atoms with E-state index in [-0.39, 0.29) is 5.56 Å². The van der Waals surface area contributed by atoms with E-state index in [1.807, 2.05) is 0 Å². The molecule has 1 aromatic rings. The van der Waals surface area contributed by atoms with E-state index in [1.54, 1.807) is 0 Å². The molecule has 0 unspecified atom stereocenters. The van der Waals surface area contributed by atoms with Gasteiger partial charge in [0.15, 0.2) is 0 Å². The second-order valence-corrected chi connectivity index (χ2v) is 4.82. The van der Waals surface area contributed by atoms with Crippen LogP contribution in [0.15, 0.2) is 11.1 Å². The number of rotatable bonds is 3. The summed E-state index contributed by atoms with van der Waals surface area (Å²) >= 11 is 0. The summed E-state index contributed by atoms with van der Waals surface area (Å²) in [5, 5.41) is 0. The van der Waals surface area contributed by atoms with Gasteiger partial charge in [-0.2, -0.15) is 13.2 Å². The molecule has 110 valence electrons. The van der Waals surface area contributed by atoms with Crippen LogP contribution in [0, 0.1) is 0 Å². The summed E-state index contributed by atoms with van der Waals surface area (Å²) in [7, 11) is 1.06. The van der Waals surface area contributed by atoms with Gasteiger partial charge < -0.3 is 4.90 Å². The Morgan fingerprint density at radius 2 is 2.15 bits per heavy atom. The predicted octanol–water partition coefficient (Wildman–Crippen LogP) is 0.753. The smallest absolute Gasteiger partial charge is 0.335 e. The second kappa shape index (κ2) is 5.26. The quantitative estimate of drug-likeness (QED) is 0.825. The number of aromatic nitrogens is 2. The van der Waals surface area contributed by atoms with Crippen molar-refractivity contribution in [1.82, 2.24) is 14.5 Å². The van der Waals surface area contributed by atoms with Gasteiger partial charge in [0.2, 0.25) is 5.91 Å². The molecule has 2 rings (SSSR count). The standard InChI is InChI=1S/C12H14F3N3O2/c1-17(6-12(13,14)15)10(19)5-18-7-16-9-4-2-3-8(9)11(18)20/h7H,2-6H2,1H3. The third kappa shape index (κ3) is 3.17. The highest BCUT2D eigenvalue weighted by molar-refractivity contribution is 5.75. The Morgan fingerprint density at radius 1 is 1.45 bits per heavy atom. The summed E-state index contributed by atoms with van der Waals surface area (Å²) in [4.78, 5) is 28.3. The van der Waals surface area contributed by atoms with E-state index in [9.17, 15) is 22.8 Å². The molecule has 0 saturated heterocycles. The molecule has 0 N–H and O–H groups in total. The van der Waals surface area contributed by atoms with Gasteiger partial charge in [-0.25, -0.2) is 4.98 Å². The van der Waals surface area contributed by atoms with Crippen LogP contribution in [0.1, 0.15) is 17.7 Å². The van der Waals surface area contributed by atoms with E-state index >= 15 is 0 Å². The van der Waals surface area contributed by atoms with Crippen LogP contribution < -0.4 is 5.56 Å². The first kappa shape index (κ1) is 14.5. The average Bonchev–Trinajstić information content (AvgIpc) is 2.79. The summed E-state index contributed by atoms with van der Waals surface area (Å²) in [5.74, 6) is -0.774. The zero-order valence-electron chi connectivity index (χ0n) is 10.9. The first-order chi connectivity index (χ1) is 9.28. The molecule has 1 heterocycles. The van der Waals surface area contributed by atoms with Crippen molar-refractivity contribution in [3.05, 3.63) is 27.9 Å². The van der Waals surface area contributed by atoms with Gasteiger partial charge in [0, 0.05) is 12.6 Å². The number of hydrogen-bond acceptors (Lipinski definition) is 3. The van der Waals surface area contributed by atoms with Crippen molar-refractivity contribution >= 4 is 5.91 Å². The minimum atomic E-state index is -4.45. The topological polar surface area (TPSA) is 55.2 Å². The fourth-order valence-corrected chi connectivity index (χ4v) is 2.20. The third-order valence-corrected chi connectivity index (χ3v) is 3.21. The van der Waals surface area contributed by atoms with Gasteiger partial charge in [0.05, 0.1) is 12.0 Å². The fraction of sp³-hybridized carbons (Fsp3) is 0.583. The van der Waals surface area contributed by atoms with Crippen LogP contribution in [0.3, 0.4) is 0 Å². The van der Waals surface area contributed by atoms with Gasteiger partial charge in [-0.1, -0.05) is 0 Å². The van der Waals surface area contributed by atoms with E-state index in [2.05, 4.69) is 4.98 Å². The molecule has 8 heteroatoms. The number of nitrogens with zero attached hydrogens (tertiary/aromatic N) is 3. The Morgan fingerprint density at radius 3 is 2.80 bits per heavy atom. The Kier molecular flexibility index (Phi) is 3.82. The maximum absolute atomic E-state index is 12.2. The molecule has 0 bridgehead atoms. The monoisotopic (exact) mass is 289 g/mol. The molecule has 0 saturated carbocycles. The van der Waals surface area contributed by atoms with Gasteiger partial charge in [-0.15, -0.1) is 0 Å². The summed E-state index contributed by atoms with van der Waals surface area (Å²) in [6, 6.07) is 0. The number of hydrogen-bond donors (Lipinski definition) is 0. The second-order valence-electron chi connectivity index (χ2n) is 4.82. The Bertz CT molecular complexity index is 580. The SMILES string of the molecule is CN(CC(F)(F)F)C(=O)Cn1cnc2c(c1=O)CCC2. The van der Waals surface area contributed by atoms with Crippen molar-refractivity contribution in [3.8, 4) is 0 Å². The molecule has 5 nitrogen and oxygen atoms in total. The van der Waals surface area contributed by atoms with E-state index in [0.717, 1.165) is 30.2 Å². The number of amides is 1.